The Morgan fingerprint density at radius 2 is 2.35 bits per heavy atom. The summed E-state index contributed by atoms with van der Waals surface area (Å²) in [5, 5.41) is 3.25. The Morgan fingerprint density at radius 3 is 3.05 bits per heavy atom. The first-order valence-corrected chi connectivity index (χ1v) is 7.34. The molecular weight excluding hydrogens is 298 g/mol. The zero-order chi connectivity index (χ0) is 14.1. The lowest BCUT2D eigenvalue weighted by Crippen LogP contribution is -2.11. The predicted octanol–water partition coefficient (Wildman–Crippen LogP) is 3.34. The fourth-order valence-electron chi connectivity index (χ4n) is 2.03. The van der Waals surface area contributed by atoms with Crippen molar-refractivity contribution in [1.82, 2.24) is 9.55 Å². The molecule has 0 aliphatic heterocycles. The third-order valence-corrected chi connectivity index (χ3v) is 4.09. The Bertz CT molecular complexity index is 805. The minimum atomic E-state index is -0.325. The van der Waals surface area contributed by atoms with Crippen molar-refractivity contribution in [3.63, 3.8) is 0 Å². The van der Waals surface area contributed by atoms with Gasteiger partial charge in [-0.2, -0.15) is 0 Å². The third kappa shape index (κ3) is 2.44. The molecule has 0 atom stereocenters. The molecule has 20 heavy (non-hydrogen) atoms. The highest BCUT2D eigenvalue weighted by molar-refractivity contribution is 7.15. The van der Waals surface area contributed by atoms with Crippen molar-refractivity contribution in [3.8, 4) is 0 Å². The maximum Gasteiger partial charge on any atom is 0.419 e. The van der Waals surface area contributed by atoms with Gasteiger partial charge in [-0.3, -0.25) is 4.57 Å². The smallest absolute Gasteiger partial charge is 0.408 e. The third-order valence-electron chi connectivity index (χ3n) is 2.98. The molecule has 3 rings (SSSR count). The number of anilines is 1. The van der Waals surface area contributed by atoms with Crippen LogP contribution in [0.25, 0.3) is 11.1 Å². The van der Waals surface area contributed by atoms with Crippen LogP contribution in [0.3, 0.4) is 0 Å². The van der Waals surface area contributed by atoms with Crippen LogP contribution in [0.15, 0.2) is 33.6 Å². The lowest BCUT2D eigenvalue weighted by Gasteiger charge is -2.04. The molecule has 1 aromatic carbocycles. The zero-order valence-corrected chi connectivity index (χ0v) is 12.3. The van der Waals surface area contributed by atoms with E-state index < -0.39 is 0 Å². The van der Waals surface area contributed by atoms with Gasteiger partial charge in [0.15, 0.2) is 10.0 Å². The second-order valence-electron chi connectivity index (χ2n) is 4.23. The first-order chi connectivity index (χ1) is 9.67. The number of fused-ring (bicyclic) bond motifs is 1. The monoisotopic (exact) mass is 309 g/mol. The Hall–Kier alpha value is -1.79. The van der Waals surface area contributed by atoms with Gasteiger partial charge in [0.05, 0.1) is 12.1 Å². The number of halogens is 1. The molecule has 1 N–H and O–H groups in total. The van der Waals surface area contributed by atoms with Crippen molar-refractivity contribution in [2.24, 2.45) is 0 Å². The van der Waals surface area contributed by atoms with Gasteiger partial charge in [-0.05, 0) is 19.1 Å². The van der Waals surface area contributed by atoms with Gasteiger partial charge in [0.2, 0.25) is 0 Å². The second kappa shape index (κ2) is 5.30. The first kappa shape index (κ1) is 13.2. The van der Waals surface area contributed by atoms with E-state index in [1.165, 1.54) is 11.3 Å². The van der Waals surface area contributed by atoms with E-state index in [0.29, 0.717) is 23.1 Å². The molecule has 2 aromatic heterocycles. The summed E-state index contributed by atoms with van der Waals surface area (Å²) in [4.78, 5) is 16.6. The summed E-state index contributed by atoms with van der Waals surface area (Å²) in [6, 6.07) is 5.63. The number of hydrogen-bond donors (Lipinski definition) is 1. The van der Waals surface area contributed by atoms with Crippen LogP contribution in [0.5, 0.6) is 0 Å². The van der Waals surface area contributed by atoms with E-state index >= 15 is 0 Å². The number of oxazole rings is 1. The fraction of sp³-hybridized carbons (Fsp3) is 0.231. The average Bonchev–Trinajstić information content (AvgIpc) is 2.98. The SMILES string of the molecule is CCn1c(=O)oc2cc(NCc3cnc(Cl)s3)ccc21. The second-order valence-corrected chi connectivity index (χ2v) is 5.93. The van der Waals surface area contributed by atoms with Crippen molar-refractivity contribution in [2.75, 3.05) is 5.32 Å². The number of benzene rings is 1. The summed E-state index contributed by atoms with van der Waals surface area (Å²) in [5.74, 6) is -0.325. The van der Waals surface area contributed by atoms with Crippen LogP contribution < -0.4 is 11.1 Å². The minimum absolute atomic E-state index is 0.325. The highest BCUT2D eigenvalue weighted by Gasteiger charge is 2.08. The Labute approximate surface area is 123 Å². The summed E-state index contributed by atoms with van der Waals surface area (Å²) >= 11 is 7.22. The topological polar surface area (TPSA) is 60.1 Å². The van der Waals surface area contributed by atoms with Crippen LogP contribution in [-0.2, 0) is 13.1 Å². The van der Waals surface area contributed by atoms with Crippen LogP contribution in [0.2, 0.25) is 4.47 Å². The summed E-state index contributed by atoms with van der Waals surface area (Å²) in [7, 11) is 0. The Kier molecular flexibility index (Phi) is 3.50. The summed E-state index contributed by atoms with van der Waals surface area (Å²) < 4.78 is 7.35. The number of aromatic nitrogens is 2. The molecule has 0 amide bonds. The van der Waals surface area contributed by atoms with Gasteiger partial charge < -0.3 is 9.73 Å². The molecule has 3 aromatic rings. The minimum Gasteiger partial charge on any atom is -0.408 e. The molecule has 0 bridgehead atoms. The van der Waals surface area contributed by atoms with Crippen molar-refractivity contribution in [1.29, 1.82) is 0 Å². The van der Waals surface area contributed by atoms with E-state index in [0.717, 1.165) is 16.1 Å². The van der Waals surface area contributed by atoms with Gasteiger partial charge in [0, 0.05) is 29.4 Å². The molecule has 0 saturated carbocycles. The molecule has 2 heterocycles. The number of thiazole rings is 1. The molecule has 0 fully saturated rings. The molecule has 0 spiro atoms. The number of nitrogens with zero attached hydrogens (tertiary/aromatic N) is 2. The van der Waals surface area contributed by atoms with Gasteiger partial charge in [-0.15, -0.1) is 11.3 Å². The van der Waals surface area contributed by atoms with Crippen LogP contribution >= 0.6 is 22.9 Å². The van der Waals surface area contributed by atoms with Gasteiger partial charge in [-0.25, -0.2) is 9.78 Å². The van der Waals surface area contributed by atoms with Crippen molar-refractivity contribution < 1.29 is 4.42 Å². The van der Waals surface area contributed by atoms with E-state index in [-0.39, 0.29) is 5.76 Å². The molecule has 5 nitrogen and oxygen atoms in total. The molecule has 0 aliphatic carbocycles. The molecular formula is C13H12ClN3O2S. The summed E-state index contributed by atoms with van der Waals surface area (Å²) in [6.07, 6.45) is 1.74. The van der Waals surface area contributed by atoms with Gasteiger partial charge in [-0.1, -0.05) is 11.6 Å². The molecule has 0 unspecified atom stereocenters. The molecule has 104 valence electrons. The zero-order valence-electron chi connectivity index (χ0n) is 10.7. The quantitative estimate of drug-likeness (QED) is 0.803. The number of aryl methyl sites for hydroxylation is 1. The summed E-state index contributed by atoms with van der Waals surface area (Å²) in [5.41, 5.74) is 2.28. The largest absolute Gasteiger partial charge is 0.419 e. The van der Waals surface area contributed by atoms with E-state index in [1.54, 1.807) is 10.8 Å². The standard InChI is InChI=1S/C13H12ClN3O2S/c1-2-17-10-4-3-8(5-11(10)19-13(17)18)15-6-9-7-16-12(14)20-9/h3-5,7,15H,2,6H2,1H3. The summed E-state index contributed by atoms with van der Waals surface area (Å²) in [6.45, 7) is 3.14. The van der Waals surface area contributed by atoms with E-state index in [9.17, 15) is 4.79 Å². The highest BCUT2D eigenvalue weighted by Crippen LogP contribution is 2.21. The van der Waals surface area contributed by atoms with E-state index in [4.69, 9.17) is 16.0 Å². The highest BCUT2D eigenvalue weighted by atomic mass is 35.5. The van der Waals surface area contributed by atoms with Gasteiger partial charge >= 0.3 is 5.76 Å². The van der Waals surface area contributed by atoms with Crippen LogP contribution in [0, 0.1) is 0 Å². The number of nitrogens with one attached hydrogen (secondary N) is 1. The lowest BCUT2D eigenvalue weighted by molar-refractivity contribution is 0.513. The van der Waals surface area contributed by atoms with Gasteiger partial charge in [0.25, 0.3) is 0 Å². The van der Waals surface area contributed by atoms with Crippen LogP contribution in [0.4, 0.5) is 5.69 Å². The molecule has 7 heteroatoms. The number of hydrogen-bond acceptors (Lipinski definition) is 5. The first-order valence-electron chi connectivity index (χ1n) is 6.15. The van der Waals surface area contributed by atoms with Crippen LogP contribution in [-0.4, -0.2) is 9.55 Å². The maximum atomic E-state index is 11.6. The molecule has 0 aliphatic rings. The normalized spacial score (nSPS) is 11.1. The molecule has 0 saturated heterocycles. The van der Waals surface area contributed by atoms with Crippen molar-refractivity contribution in [2.45, 2.75) is 20.0 Å². The molecule has 0 radical (unpaired) electrons. The predicted molar refractivity (Wildman–Crippen MR) is 80.6 cm³/mol. The Morgan fingerprint density at radius 1 is 1.50 bits per heavy atom. The van der Waals surface area contributed by atoms with Crippen molar-refractivity contribution in [3.05, 3.63) is 44.3 Å². The van der Waals surface area contributed by atoms with E-state index in [1.807, 2.05) is 25.1 Å². The average molecular weight is 310 g/mol. The maximum absolute atomic E-state index is 11.6. The lowest BCUT2D eigenvalue weighted by atomic mass is 10.3. The van der Waals surface area contributed by atoms with Crippen molar-refractivity contribution >= 4 is 39.7 Å². The number of rotatable bonds is 4. The van der Waals surface area contributed by atoms with E-state index in [2.05, 4.69) is 10.3 Å². The Balaban J connectivity index is 1.84. The fourth-order valence-corrected chi connectivity index (χ4v) is 2.95. The van der Waals surface area contributed by atoms with Gasteiger partial charge in [0.1, 0.15) is 0 Å². The van der Waals surface area contributed by atoms with Crippen LogP contribution in [0.1, 0.15) is 11.8 Å².